The molecule has 0 saturated heterocycles. The van der Waals surface area contributed by atoms with E-state index in [9.17, 15) is 0 Å². The van der Waals surface area contributed by atoms with Gasteiger partial charge in [-0.25, -0.2) is 0 Å². The number of hydrogen-bond donors (Lipinski definition) is 1. The molecule has 1 N–H and O–H groups in total. The average Bonchev–Trinajstić information content (AvgIpc) is 2.39. The number of hydrogen-bond acceptors (Lipinski definition) is 3. The third-order valence-corrected chi connectivity index (χ3v) is 3.30. The van der Waals surface area contributed by atoms with Crippen LogP contribution in [0.5, 0.6) is 5.75 Å². The Kier molecular flexibility index (Phi) is 6.89. The minimum atomic E-state index is 0.241. The van der Waals surface area contributed by atoms with Crippen LogP contribution in [0.1, 0.15) is 39.3 Å². The van der Waals surface area contributed by atoms with Crippen molar-refractivity contribution < 1.29 is 9.47 Å². The van der Waals surface area contributed by atoms with Crippen molar-refractivity contribution in [2.24, 2.45) is 5.92 Å². The van der Waals surface area contributed by atoms with Gasteiger partial charge in [0, 0.05) is 24.8 Å². The van der Waals surface area contributed by atoms with Crippen LogP contribution >= 0.6 is 0 Å². The molecule has 1 rings (SSSR count). The summed E-state index contributed by atoms with van der Waals surface area (Å²) in [5, 5.41) is 3.63. The van der Waals surface area contributed by atoms with E-state index >= 15 is 0 Å². The first kappa shape index (κ1) is 16.0. The molecule has 108 valence electrons. The van der Waals surface area contributed by atoms with Crippen LogP contribution < -0.4 is 10.1 Å². The summed E-state index contributed by atoms with van der Waals surface area (Å²) in [5.41, 5.74) is 1.20. The molecular weight excluding hydrogens is 238 g/mol. The minimum absolute atomic E-state index is 0.241. The first-order valence-corrected chi connectivity index (χ1v) is 7.06. The lowest BCUT2D eigenvalue weighted by Crippen LogP contribution is -2.39. The number of ether oxygens (including phenoxy) is 2. The molecule has 2 atom stereocenters. The summed E-state index contributed by atoms with van der Waals surface area (Å²) in [4.78, 5) is 0. The van der Waals surface area contributed by atoms with Gasteiger partial charge in [-0.15, -0.1) is 0 Å². The maximum Gasteiger partial charge on any atom is 0.124 e. The standard InChI is InChI=1S/C16H27NO2/c1-6-19-16-10-8-7-9-14(16)13(4)17-15(11-18-5)12(2)3/h7-10,12-13,15,17H,6,11H2,1-5H3. The molecule has 3 nitrogen and oxygen atoms in total. The Hall–Kier alpha value is -1.06. The van der Waals surface area contributed by atoms with Crippen LogP contribution in [0.2, 0.25) is 0 Å². The summed E-state index contributed by atoms with van der Waals surface area (Å²) in [6.07, 6.45) is 0. The Bertz CT molecular complexity index is 366. The molecule has 0 fully saturated rings. The van der Waals surface area contributed by atoms with Crippen molar-refractivity contribution in [2.75, 3.05) is 20.3 Å². The van der Waals surface area contributed by atoms with Crippen LogP contribution in [0.15, 0.2) is 24.3 Å². The zero-order chi connectivity index (χ0) is 14.3. The Morgan fingerprint density at radius 3 is 2.42 bits per heavy atom. The highest BCUT2D eigenvalue weighted by Crippen LogP contribution is 2.25. The molecule has 1 aromatic rings. The fourth-order valence-corrected chi connectivity index (χ4v) is 2.15. The van der Waals surface area contributed by atoms with Crippen molar-refractivity contribution in [1.82, 2.24) is 5.32 Å². The second kappa shape index (κ2) is 8.18. The molecule has 19 heavy (non-hydrogen) atoms. The van der Waals surface area contributed by atoms with Crippen molar-refractivity contribution in [3.63, 3.8) is 0 Å². The highest BCUT2D eigenvalue weighted by molar-refractivity contribution is 5.35. The minimum Gasteiger partial charge on any atom is -0.494 e. The summed E-state index contributed by atoms with van der Waals surface area (Å²) in [6, 6.07) is 8.79. The number of benzene rings is 1. The third kappa shape index (κ3) is 4.84. The lowest BCUT2D eigenvalue weighted by Gasteiger charge is -2.27. The van der Waals surface area contributed by atoms with Crippen LogP contribution in [0, 0.1) is 5.92 Å². The summed E-state index contributed by atoms with van der Waals surface area (Å²) in [6.45, 7) is 10.0. The van der Waals surface area contributed by atoms with E-state index in [4.69, 9.17) is 9.47 Å². The van der Waals surface area contributed by atoms with Gasteiger partial charge in [-0.2, -0.15) is 0 Å². The van der Waals surface area contributed by atoms with Crippen LogP contribution in [-0.2, 0) is 4.74 Å². The van der Waals surface area contributed by atoms with Gasteiger partial charge in [0.2, 0.25) is 0 Å². The second-order valence-electron chi connectivity index (χ2n) is 5.17. The van der Waals surface area contributed by atoms with Crippen LogP contribution in [0.3, 0.4) is 0 Å². The molecule has 0 aliphatic rings. The van der Waals surface area contributed by atoms with Crippen molar-refractivity contribution in [3.05, 3.63) is 29.8 Å². The predicted molar refractivity (Wildman–Crippen MR) is 79.7 cm³/mol. The molecule has 3 heteroatoms. The van der Waals surface area contributed by atoms with Crippen LogP contribution in [0.4, 0.5) is 0 Å². The van der Waals surface area contributed by atoms with E-state index < -0.39 is 0 Å². The first-order valence-electron chi connectivity index (χ1n) is 7.06. The molecule has 0 bridgehead atoms. The predicted octanol–water partition coefficient (Wildman–Crippen LogP) is 3.41. The summed E-state index contributed by atoms with van der Waals surface area (Å²) >= 11 is 0. The van der Waals surface area contributed by atoms with Gasteiger partial charge in [-0.1, -0.05) is 32.0 Å². The van der Waals surface area contributed by atoms with Crippen molar-refractivity contribution in [2.45, 2.75) is 39.8 Å². The Morgan fingerprint density at radius 1 is 1.16 bits per heavy atom. The summed E-state index contributed by atoms with van der Waals surface area (Å²) < 4.78 is 11.0. The summed E-state index contributed by atoms with van der Waals surface area (Å²) in [5.74, 6) is 1.49. The topological polar surface area (TPSA) is 30.5 Å². The highest BCUT2D eigenvalue weighted by Gasteiger charge is 2.18. The van der Waals surface area contributed by atoms with Gasteiger partial charge in [-0.05, 0) is 25.8 Å². The Morgan fingerprint density at radius 2 is 1.84 bits per heavy atom. The maximum atomic E-state index is 5.69. The van der Waals surface area contributed by atoms with Gasteiger partial charge in [0.1, 0.15) is 5.75 Å². The van der Waals surface area contributed by atoms with Gasteiger partial charge >= 0.3 is 0 Å². The van der Waals surface area contributed by atoms with E-state index in [2.05, 4.69) is 38.2 Å². The zero-order valence-corrected chi connectivity index (χ0v) is 12.8. The van der Waals surface area contributed by atoms with Gasteiger partial charge in [-0.3, -0.25) is 0 Å². The molecule has 0 radical (unpaired) electrons. The lowest BCUT2D eigenvalue weighted by atomic mass is 10.0. The molecule has 2 unspecified atom stereocenters. The first-order chi connectivity index (χ1) is 9.10. The van der Waals surface area contributed by atoms with Crippen LogP contribution in [0.25, 0.3) is 0 Å². The average molecular weight is 265 g/mol. The number of methoxy groups -OCH3 is 1. The molecular formula is C16H27NO2. The summed E-state index contributed by atoms with van der Waals surface area (Å²) in [7, 11) is 1.75. The molecule has 0 heterocycles. The molecule has 0 aromatic heterocycles. The van der Waals surface area contributed by atoms with E-state index in [0.717, 1.165) is 12.4 Å². The van der Waals surface area contributed by atoms with Crippen molar-refractivity contribution in [3.8, 4) is 5.75 Å². The molecule has 0 amide bonds. The van der Waals surface area contributed by atoms with Gasteiger partial charge in [0.15, 0.2) is 0 Å². The number of nitrogens with one attached hydrogen (secondary N) is 1. The van der Waals surface area contributed by atoms with E-state index in [1.54, 1.807) is 7.11 Å². The Balaban J connectivity index is 2.78. The molecule has 0 aliphatic carbocycles. The zero-order valence-electron chi connectivity index (χ0n) is 12.8. The van der Waals surface area contributed by atoms with Gasteiger partial charge < -0.3 is 14.8 Å². The fourth-order valence-electron chi connectivity index (χ4n) is 2.15. The van der Waals surface area contributed by atoms with E-state index in [-0.39, 0.29) is 6.04 Å². The smallest absolute Gasteiger partial charge is 0.124 e. The maximum absolute atomic E-state index is 5.69. The molecule has 0 aliphatic heterocycles. The second-order valence-corrected chi connectivity index (χ2v) is 5.17. The largest absolute Gasteiger partial charge is 0.494 e. The highest BCUT2D eigenvalue weighted by atomic mass is 16.5. The third-order valence-electron chi connectivity index (χ3n) is 3.30. The van der Waals surface area contributed by atoms with Gasteiger partial charge in [0.25, 0.3) is 0 Å². The van der Waals surface area contributed by atoms with Crippen molar-refractivity contribution in [1.29, 1.82) is 0 Å². The molecule has 1 aromatic carbocycles. The molecule has 0 saturated carbocycles. The van der Waals surface area contributed by atoms with E-state index in [0.29, 0.717) is 18.6 Å². The van der Waals surface area contributed by atoms with E-state index in [1.165, 1.54) is 5.56 Å². The molecule has 0 spiro atoms. The van der Waals surface area contributed by atoms with Crippen molar-refractivity contribution >= 4 is 0 Å². The lowest BCUT2D eigenvalue weighted by molar-refractivity contribution is 0.141. The fraction of sp³-hybridized carbons (Fsp3) is 0.625. The normalized spacial score (nSPS) is 14.4. The monoisotopic (exact) mass is 265 g/mol. The van der Waals surface area contributed by atoms with E-state index in [1.807, 2.05) is 19.1 Å². The van der Waals surface area contributed by atoms with Crippen LogP contribution in [-0.4, -0.2) is 26.4 Å². The number of rotatable bonds is 8. The van der Waals surface area contributed by atoms with Gasteiger partial charge in [0.05, 0.1) is 13.2 Å². The SMILES string of the molecule is CCOc1ccccc1C(C)NC(COC)C(C)C. The Labute approximate surface area is 117 Å². The number of para-hydroxylation sites is 1. The quantitative estimate of drug-likeness (QED) is 0.781.